The largest absolute Gasteiger partial charge is 0.479 e. The first-order chi connectivity index (χ1) is 37.6. The van der Waals surface area contributed by atoms with E-state index in [-0.39, 0.29) is 25.9 Å². The fourth-order valence-corrected chi connectivity index (χ4v) is 8.83. The predicted octanol–water partition coefficient (Wildman–Crippen LogP) is 15.9. The molecule has 0 saturated carbocycles. The Morgan fingerprint density at radius 2 is 0.857 bits per heavy atom. The summed E-state index contributed by atoms with van der Waals surface area (Å²) in [7, 11) is 0. The highest BCUT2D eigenvalue weighted by atomic mass is 16.7. The molecule has 0 radical (unpaired) electrons. The van der Waals surface area contributed by atoms with Gasteiger partial charge in [-0.1, -0.05) is 241 Å². The first kappa shape index (κ1) is 70.9. The number of aliphatic hydroxyl groups excluding tert-OH is 2. The van der Waals surface area contributed by atoms with Crippen LogP contribution in [0.25, 0.3) is 0 Å². The number of esters is 3. The molecule has 1 aliphatic heterocycles. The zero-order valence-electron chi connectivity index (χ0n) is 48.4. The minimum atomic E-state index is -1.94. The number of aliphatic hydroxyl groups is 2. The van der Waals surface area contributed by atoms with Crippen molar-refractivity contribution < 1.29 is 58.2 Å². The zero-order chi connectivity index (χ0) is 56.1. The van der Waals surface area contributed by atoms with Crippen molar-refractivity contribution in [1.82, 2.24) is 0 Å². The summed E-state index contributed by atoms with van der Waals surface area (Å²) in [6.45, 7) is 5.82. The molecule has 0 aromatic carbocycles. The number of carboxylic acids is 1. The number of ether oxygens (including phenoxy) is 5. The fraction of sp³-hybridized carbons (Fsp3) is 0.723. The molecule has 6 atom stereocenters. The Morgan fingerprint density at radius 3 is 1.34 bits per heavy atom. The van der Waals surface area contributed by atoms with Crippen molar-refractivity contribution in [3.63, 3.8) is 0 Å². The van der Waals surface area contributed by atoms with Crippen molar-refractivity contribution in [2.45, 2.75) is 289 Å². The SMILES string of the molecule is CC/C=C\C/C=C\C/C=C\C/C=C\C/C=C\CC(=O)OC1C(OCC(COC(=O)CCCCCCCCC/C=C\C/C=C\CCCCC)OC(=O)CCCCCCCCCCCCCCCCC)OC(C(=O)O)C(O)C1O. The standard InChI is InChI=1S/C65H108O12/c1-4-7-10-13-16-19-22-25-28-29-32-33-36-39-42-45-48-51-57(66)73-54-56(75-58(67)52-49-46-43-40-37-34-30-26-23-20-17-14-11-8-5-2)55-74-65-63(61(70)60(69)62(77-65)64(71)72)76-59(68)53-50-47-44-41-38-35-31-27-24-21-18-15-12-9-6-3/h9,12,16,18-19,21,25,27-28,31,38,41,47,50,56,60-63,65,69-70H,4-8,10-11,13-15,17,20,22-24,26,29-30,32-37,39-40,42-46,48-49,51-55H2,1-3H3,(H,71,72)/b12-9-,19-16-,21-18-,28-25-,31-27-,41-38-,50-47-. The summed E-state index contributed by atoms with van der Waals surface area (Å²) < 4.78 is 28.3. The molecule has 1 heterocycles. The van der Waals surface area contributed by atoms with Gasteiger partial charge in [0.15, 0.2) is 24.6 Å². The van der Waals surface area contributed by atoms with Gasteiger partial charge in [0.25, 0.3) is 0 Å². The van der Waals surface area contributed by atoms with Gasteiger partial charge in [0.2, 0.25) is 0 Å². The predicted molar refractivity (Wildman–Crippen MR) is 312 cm³/mol. The average molecular weight is 1080 g/mol. The lowest BCUT2D eigenvalue weighted by molar-refractivity contribution is -0.301. The monoisotopic (exact) mass is 1080 g/mol. The third kappa shape index (κ3) is 42.5. The van der Waals surface area contributed by atoms with E-state index < -0.39 is 67.3 Å². The van der Waals surface area contributed by atoms with Crippen LogP contribution in [0.5, 0.6) is 0 Å². The van der Waals surface area contributed by atoms with Gasteiger partial charge in [-0.15, -0.1) is 0 Å². The molecule has 6 unspecified atom stereocenters. The molecule has 0 amide bonds. The Labute approximate surface area is 467 Å². The van der Waals surface area contributed by atoms with Gasteiger partial charge in [0.1, 0.15) is 18.8 Å². The molecule has 12 heteroatoms. The van der Waals surface area contributed by atoms with Crippen molar-refractivity contribution in [2.24, 2.45) is 0 Å². The molecule has 3 N–H and O–H groups in total. The van der Waals surface area contributed by atoms with E-state index in [1.54, 1.807) is 12.2 Å². The first-order valence-corrected chi connectivity index (χ1v) is 30.6. The minimum Gasteiger partial charge on any atom is -0.479 e. The van der Waals surface area contributed by atoms with E-state index in [4.69, 9.17) is 23.7 Å². The number of carbonyl (C=O) groups excluding carboxylic acids is 3. The molecular formula is C65H108O12. The number of aliphatic carboxylic acids is 1. The number of hydrogen-bond acceptors (Lipinski definition) is 11. The lowest BCUT2D eigenvalue weighted by atomic mass is 9.98. The maximum atomic E-state index is 13.2. The van der Waals surface area contributed by atoms with Crippen molar-refractivity contribution in [1.29, 1.82) is 0 Å². The molecule has 0 aromatic heterocycles. The van der Waals surface area contributed by atoms with E-state index in [1.165, 1.54) is 109 Å². The van der Waals surface area contributed by atoms with Crippen LogP contribution in [0.15, 0.2) is 85.1 Å². The summed E-state index contributed by atoms with van der Waals surface area (Å²) in [6, 6.07) is 0. The molecular weight excluding hydrogens is 973 g/mol. The highest BCUT2D eigenvalue weighted by Crippen LogP contribution is 2.26. The van der Waals surface area contributed by atoms with Gasteiger partial charge in [0.05, 0.1) is 13.0 Å². The van der Waals surface area contributed by atoms with Gasteiger partial charge >= 0.3 is 23.9 Å². The van der Waals surface area contributed by atoms with Gasteiger partial charge in [-0.05, 0) is 77.0 Å². The highest BCUT2D eigenvalue weighted by molar-refractivity contribution is 5.74. The second-order valence-electron chi connectivity index (χ2n) is 20.6. The smallest absolute Gasteiger partial charge is 0.335 e. The van der Waals surface area contributed by atoms with Crippen molar-refractivity contribution in [3.8, 4) is 0 Å². The molecule has 0 spiro atoms. The van der Waals surface area contributed by atoms with Crippen LogP contribution in [0.4, 0.5) is 0 Å². The van der Waals surface area contributed by atoms with Gasteiger partial charge in [-0.25, -0.2) is 4.79 Å². The van der Waals surface area contributed by atoms with E-state index in [1.807, 2.05) is 12.2 Å². The summed E-state index contributed by atoms with van der Waals surface area (Å²) in [4.78, 5) is 51.1. The van der Waals surface area contributed by atoms with Crippen LogP contribution in [0, 0.1) is 0 Å². The van der Waals surface area contributed by atoms with Gasteiger partial charge in [-0.3, -0.25) is 14.4 Å². The molecule has 1 fully saturated rings. The molecule has 1 rings (SSSR count). The summed E-state index contributed by atoms with van der Waals surface area (Å²) in [5.74, 6) is -3.28. The molecule has 77 heavy (non-hydrogen) atoms. The summed E-state index contributed by atoms with van der Waals surface area (Å²) in [5, 5.41) is 31.5. The lowest BCUT2D eigenvalue weighted by Gasteiger charge is -2.40. The normalized spacial score (nSPS) is 18.6. The Kier molecular flexibility index (Phi) is 48.4. The van der Waals surface area contributed by atoms with Crippen LogP contribution < -0.4 is 0 Å². The van der Waals surface area contributed by atoms with Gasteiger partial charge in [-0.2, -0.15) is 0 Å². The minimum absolute atomic E-state index is 0.151. The van der Waals surface area contributed by atoms with Crippen molar-refractivity contribution >= 4 is 23.9 Å². The van der Waals surface area contributed by atoms with E-state index in [9.17, 15) is 34.5 Å². The summed E-state index contributed by atoms with van der Waals surface area (Å²) >= 11 is 0. The molecule has 1 aliphatic rings. The number of rotatable bonds is 51. The molecule has 440 valence electrons. The third-order valence-corrected chi connectivity index (χ3v) is 13.5. The Bertz CT molecular complexity index is 1660. The Balaban J connectivity index is 2.73. The van der Waals surface area contributed by atoms with E-state index in [0.29, 0.717) is 19.3 Å². The third-order valence-electron chi connectivity index (χ3n) is 13.5. The van der Waals surface area contributed by atoms with Crippen LogP contribution in [0.2, 0.25) is 0 Å². The molecule has 12 nitrogen and oxygen atoms in total. The van der Waals surface area contributed by atoms with Crippen LogP contribution in [-0.4, -0.2) is 89.2 Å². The summed E-state index contributed by atoms with van der Waals surface area (Å²) in [5.41, 5.74) is 0. The fourth-order valence-electron chi connectivity index (χ4n) is 8.83. The van der Waals surface area contributed by atoms with Crippen molar-refractivity contribution in [2.75, 3.05) is 13.2 Å². The number of hydrogen-bond donors (Lipinski definition) is 3. The topological polar surface area (TPSA) is 175 Å². The second kappa shape index (κ2) is 52.6. The summed E-state index contributed by atoms with van der Waals surface area (Å²) in [6.07, 6.45) is 55.7. The van der Waals surface area contributed by atoms with Gasteiger partial charge in [0, 0.05) is 12.8 Å². The van der Waals surface area contributed by atoms with Crippen LogP contribution >= 0.6 is 0 Å². The Hall–Kier alpha value is -4.10. The van der Waals surface area contributed by atoms with Crippen LogP contribution in [0.1, 0.15) is 252 Å². The van der Waals surface area contributed by atoms with E-state index >= 15 is 0 Å². The lowest BCUT2D eigenvalue weighted by Crippen LogP contribution is -2.61. The second-order valence-corrected chi connectivity index (χ2v) is 20.6. The average Bonchev–Trinajstić information content (AvgIpc) is 3.43. The number of unbranched alkanes of at least 4 members (excludes halogenated alkanes) is 24. The quantitative estimate of drug-likeness (QED) is 0.0228. The number of allylic oxidation sites excluding steroid dienone is 13. The van der Waals surface area contributed by atoms with Gasteiger partial charge < -0.3 is 39.0 Å². The van der Waals surface area contributed by atoms with Crippen LogP contribution in [-0.2, 0) is 42.9 Å². The zero-order valence-corrected chi connectivity index (χ0v) is 48.4. The maximum Gasteiger partial charge on any atom is 0.335 e. The molecule has 0 aromatic rings. The van der Waals surface area contributed by atoms with E-state index in [2.05, 4.69) is 81.5 Å². The van der Waals surface area contributed by atoms with Crippen LogP contribution in [0.3, 0.4) is 0 Å². The molecule has 0 bridgehead atoms. The molecule has 0 aliphatic carbocycles. The highest BCUT2D eigenvalue weighted by Gasteiger charge is 2.50. The number of carboxylic acid groups (broad SMARTS) is 1. The first-order valence-electron chi connectivity index (χ1n) is 30.6. The maximum absolute atomic E-state index is 13.2. The van der Waals surface area contributed by atoms with Crippen molar-refractivity contribution in [3.05, 3.63) is 85.1 Å². The number of carbonyl (C=O) groups is 4. The Morgan fingerprint density at radius 1 is 0.455 bits per heavy atom. The van der Waals surface area contributed by atoms with E-state index in [0.717, 1.165) is 83.5 Å². The molecule has 1 saturated heterocycles.